The van der Waals surface area contributed by atoms with Crippen LogP contribution in [-0.2, 0) is 10.0 Å². The number of sulfonamides is 1. The average Bonchev–Trinajstić information content (AvgIpc) is 2.84. The van der Waals surface area contributed by atoms with E-state index in [2.05, 4.69) is 25.0 Å². The van der Waals surface area contributed by atoms with Gasteiger partial charge in [-0.1, -0.05) is 48.0 Å². The molecule has 0 amide bonds. The minimum absolute atomic E-state index is 0.0164. The average molecular weight is 485 g/mol. The van der Waals surface area contributed by atoms with Crippen molar-refractivity contribution in [2.75, 3.05) is 10.0 Å². The Labute approximate surface area is 200 Å². The van der Waals surface area contributed by atoms with Crippen molar-refractivity contribution in [3.8, 4) is 0 Å². The molecule has 0 aliphatic carbocycles. The van der Waals surface area contributed by atoms with E-state index in [4.69, 9.17) is 0 Å². The molecule has 2 N–H and O–H groups in total. The number of carbonyl (C=O) groups is 1. The molecule has 0 aliphatic heterocycles. The number of carboxylic acid groups (broad SMARTS) is 1. The summed E-state index contributed by atoms with van der Waals surface area (Å²) in [6.45, 7) is 1.87. The monoisotopic (exact) mass is 484 g/mol. The molecule has 2 aromatic heterocycles. The summed E-state index contributed by atoms with van der Waals surface area (Å²) < 4.78 is 28.7. The molecule has 35 heavy (non-hydrogen) atoms. The number of aromatic nitrogens is 3. The highest BCUT2D eigenvalue weighted by Crippen LogP contribution is 2.30. The fraction of sp³-hybridized carbons (Fsp3) is 0.0400. The molecule has 0 radical (unpaired) electrons. The molecular weight excluding hydrogens is 466 g/mol. The van der Waals surface area contributed by atoms with Crippen molar-refractivity contribution < 1.29 is 18.3 Å². The molecule has 0 aliphatic rings. The first-order chi connectivity index (χ1) is 16.8. The third kappa shape index (κ3) is 4.46. The van der Waals surface area contributed by atoms with Gasteiger partial charge in [0.05, 0.1) is 38.8 Å². The van der Waals surface area contributed by atoms with Gasteiger partial charge in [-0.25, -0.2) is 23.4 Å². The van der Waals surface area contributed by atoms with E-state index in [0.717, 1.165) is 5.56 Å². The molecule has 9 nitrogen and oxygen atoms in total. The number of aryl methyl sites for hydroxylation is 1. The Morgan fingerprint density at radius 2 is 1.49 bits per heavy atom. The van der Waals surface area contributed by atoms with Gasteiger partial charge in [0.15, 0.2) is 11.6 Å². The molecular formula is C25H18N5O4S-. The molecule has 0 spiro atoms. The standard InChI is InChI=1S/C25H19N5O4S/c1-15-9-12-17(13-10-15)35(33,34)30-24-23(27-18-6-2-3-7-19(18)28-24)29-20-8-4-5-16-11-14-21(25(31)32)26-22(16)20/h2-14H,1H3,(H,27,29)(H,28,30)(H,31,32)/p-1. The Balaban J connectivity index is 1.62. The van der Waals surface area contributed by atoms with Crippen LogP contribution in [0.1, 0.15) is 16.1 Å². The molecule has 3 aromatic carbocycles. The lowest BCUT2D eigenvalue weighted by Crippen LogP contribution is -2.23. The van der Waals surface area contributed by atoms with Crippen LogP contribution < -0.4 is 15.1 Å². The smallest absolute Gasteiger partial charge is 0.263 e. The minimum atomic E-state index is -3.97. The number of hydrogen-bond acceptors (Lipinski definition) is 8. The van der Waals surface area contributed by atoms with E-state index >= 15 is 0 Å². The maximum Gasteiger partial charge on any atom is 0.263 e. The van der Waals surface area contributed by atoms with Crippen LogP contribution in [0, 0.1) is 6.92 Å². The molecule has 0 bridgehead atoms. The Hall–Kier alpha value is -4.57. The predicted molar refractivity (Wildman–Crippen MR) is 131 cm³/mol. The number of pyridine rings is 1. The van der Waals surface area contributed by atoms with E-state index in [-0.39, 0.29) is 22.2 Å². The lowest BCUT2D eigenvalue weighted by molar-refractivity contribution is -0.255. The third-order valence-electron chi connectivity index (χ3n) is 5.32. The topological polar surface area (TPSA) is 137 Å². The molecule has 5 rings (SSSR count). The largest absolute Gasteiger partial charge is 0.543 e. The van der Waals surface area contributed by atoms with E-state index in [9.17, 15) is 18.3 Å². The fourth-order valence-corrected chi connectivity index (χ4v) is 4.56. The molecule has 0 atom stereocenters. The molecule has 0 saturated heterocycles. The number of para-hydroxylation sites is 3. The van der Waals surface area contributed by atoms with Crippen molar-refractivity contribution >= 4 is 55.3 Å². The van der Waals surface area contributed by atoms with Gasteiger partial charge in [-0.15, -0.1) is 0 Å². The van der Waals surface area contributed by atoms with Gasteiger partial charge in [0.25, 0.3) is 10.0 Å². The second-order valence-electron chi connectivity index (χ2n) is 7.81. The van der Waals surface area contributed by atoms with Gasteiger partial charge in [-0.05, 0) is 43.3 Å². The van der Waals surface area contributed by atoms with Crippen LogP contribution in [0.5, 0.6) is 0 Å². The fourth-order valence-electron chi connectivity index (χ4n) is 3.55. The van der Waals surface area contributed by atoms with E-state index in [1.54, 1.807) is 60.7 Å². The molecule has 174 valence electrons. The molecule has 2 heterocycles. The normalized spacial score (nSPS) is 11.5. The first-order valence-corrected chi connectivity index (χ1v) is 12.0. The van der Waals surface area contributed by atoms with Gasteiger partial charge >= 0.3 is 0 Å². The van der Waals surface area contributed by atoms with Crippen LogP contribution in [0.25, 0.3) is 21.9 Å². The van der Waals surface area contributed by atoms with Crippen molar-refractivity contribution in [2.24, 2.45) is 0 Å². The zero-order valence-electron chi connectivity index (χ0n) is 18.4. The lowest BCUT2D eigenvalue weighted by atomic mass is 10.1. The zero-order valence-corrected chi connectivity index (χ0v) is 19.2. The molecule has 0 unspecified atom stereocenters. The summed E-state index contributed by atoms with van der Waals surface area (Å²) in [5.74, 6) is -1.29. The Morgan fingerprint density at radius 1 is 0.800 bits per heavy atom. The van der Waals surface area contributed by atoms with Crippen molar-refractivity contribution in [1.82, 2.24) is 15.0 Å². The number of aromatic carboxylic acids is 1. The van der Waals surface area contributed by atoms with Crippen molar-refractivity contribution in [2.45, 2.75) is 11.8 Å². The number of hydrogen-bond donors (Lipinski definition) is 2. The van der Waals surface area contributed by atoms with E-state index in [1.807, 2.05) is 6.92 Å². The highest BCUT2D eigenvalue weighted by Gasteiger charge is 2.19. The first-order valence-electron chi connectivity index (χ1n) is 10.5. The van der Waals surface area contributed by atoms with Gasteiger partial charge in [-0.3, -0.25) is 4.72 Å². The number of benzene rings is 3. The molecule has 0 saturated carbocycles. The van der Waals surface area contributed by atoms with Crippen LogP contribution in [0.3, 0.4) is 0 Å². The second kappa shape index (κ2) is 8.65. The number of fused-ring (bicyclic) bond motifs is 2. The molecule has 5 aromatic rings. The quantitative estimate of drug-likeness (QED) is 0.374. The lowest BCUT2D eigenvalue weighted by Gasteiger charge is -2.15. The van der Waals surface area contributed by atoms with Gasteiger partial charge < -0.3 is 15.2 Å². The number of carboxylic acids is 1. The second-order valence-corrected chi connectivity index (χ2v) is 9.50. The van der Waals surface area contributed by atoms with Crippen molar-refractivity contribution in [3.63, 3.8) is 0 Å². The van der Waals surface area contributed by atoms with Gasteiger partial charge in [-0.2, -0.15) is 0 Å². The van der Waals surface area contributed by atoms with E-state index < -0.39 is 16.0 Å². The highest BCUT2D eigenvalue weighted by molar-refractivity contribution is 7.92. The van der Waals surface area contributed by atoms with Crippen LogP contribution in [0.2, 0.25) is 0 Å². The number of nitrogens with one attached hydrogen (secondary N) is 2. The van der Waals surface area contributed by atoms with Gasteiger partial charge in [0.2, 0.25) is 0 Å². The number of nitrogens with zero attached hydrogens (tertiary/aromatic N) is 3. The summed E-state index contributed by atoms with van der Waals surface area (Å²) >= 11 is 0. The van der Waals surface area contributed by atoms with Gasteiger partial charge in [0.1, 0.15) is 0 Å². The minimum Gasteiger partial charge on any atom is -0.543 e. The number of carbonyl (C=O) groups excluding carboxylic acids is 1. The van der Waals surface area contributed by atoms with Crippen LogP contribution in [0.4, 0.5) is 17.3 Å². The maximum atomic E-state index is 13.1. The first kappa shape index (κ1) is 22.2. The van der Waals surface area contributed by atoms with Crippen molar-refractivity contribution in [3.05, 3.63) is 90.1 Å². The van der Waals surface area contributed by atoms with Crippen LogP contribution in [-0.4, -0.2) is 29.3 Å². The summed E-state index contributed by atoms with van der Waals surface area (Å²) in [4.78, 5) is 24.6. The number of anilines is 3. The van der Waals surface area contributed by atoms with Gasteiger partial charge in [0, 0.05) is 5.39 Å². The van der Waals surface area contributed by atoms with E-state index in [0.29, 0.717) is 27.6 Å². The summed E-state index contributed by atoms with van der Waals surface area (Å²) in [7, 11) is -3.97. The van der Waals surface area contributed by atoms with Crippen LogP contribution in [0.15, 0.2) is 83.8 Å². The van der Waals surface area contributed by atoms with Crippen LogP contribution >= 0.6 is 0 Å². The SMILES string of the molecule is Cc1ccc(S(=O)(=O)Nc2nc3ccccc3nc2Nc2cccc3ccc(C(=O)[O-])nc23)cc1. The maximum absolute atomic E-state index is 13.1. The summed E-state index contributed by atoms with van der Waals surface area (Å²) in [6.07, 6.45) is 0. The zero-order chi connectivity index (χ0) is 24.6. The highest BCUT2D eigenvalue weighted by atomic mass is 32.2. The Kier molecular flexibility index (Phi) is 5.50. The predicted octanol–water partition coefficient (Wildman–Crippen LogP) is 3.39. The van der Waals surface area contributed by atoms with Crippen molar-refractivity contribution in [1.29, 1.82) is 0 Å². The third-order valence-corrected chi connectivity index (χ3v) is 6.67. The summed E-state index contributed by atoms with van der Waals surface area (Å²) in [6, 6.07) is 21.7. The Bertz CT molecular complexity index is 1700. The summed E-state index contributed by atoms with van der Waals surface area (Å²) in [5, 5.41) is 15.1. The van der Waals surface area contributed by atoms with E-state index in [1.165, 1.54) is 18.2 Å². The summed E-state index contributed by atoms with van der Waals surface area (Å²) in [5.41, 5.74) is 2.52. The molecule has 0 fully saturated rings. The Morgan fingerprint density at radius 3 is 2.17 bits per heavy atom. The number of rotatable bonds is 6. The molecule has 10 heteroatoms.